The zero-order valence-corrected chi connectivity index (χ0v) is 27.3. The average molecular weight is 677 g/mol. The van der Waals surface area contributed by atoms with Crippen LogP contribution in [0.5, 0.6) is 23.0 Å². The highest BCUT2D eigenvalue weighted by atomic mass is 16.7. The number of phenols is 1. The molecule has 14 heteroatoms. The number of hydrogen-bond donors (Lipinski definition) is 8. The van der Waals surface area contributed by atoms with Gasteiger partial charge in [0.15, 0.2) is 11.5 Å². The number of ether oxygens (including phenoxy) is 6. The van der Waals surface area contributed by atoms with Crippen LogP contribution >= 0.6 is 0 Å². The molecule has 2 saturated heterocycles. The minimum Gasteiger partial charge on any atom is -0.507 e. The molecule has 2 fully saturated rings. The van der Waals surface area contributed by atoms with Gasteiger partial charge in [-0.15, -0.1) is 0 Å². The summed E-state index contributed by atoms with van der Waals surface area (Å²) in [6.07, 6.45) is -12.4. The van der Waals surface area contributed by atoms with Gasteiger partial charge in [-0.1, -0.05) is 18.6 Å². The van der Waals surface area contributed by atoms with Crippen LogP contribution in [0.4, 0.5) is 0 Å². The Balaban J connectivity index is 1.62. The van der Waals surface area contributed by atoms with Crippen LogP contribution in [0.25, 0.3) is 5.76 Å². The van der Waals surface area contributed by atoms with E-state index in [9.17, 15) is 40.9 Å². The van der Waals surface area contributed by atoms with Gasteiger partial charge in [-0.25, -0.2) is 0 Å². The fourth-order valence-electron chi connectivity index (χ4n) is 5.92. The van der Waals surface area contributed by atoms with Gasteiger partial charge in [-0.2, -0.15) is 0 Å². The second-order valence-corrected chi connectivity index (χ2v) is 12.5. The number of methoxy groups -OCH3 is 1. The van der Waals surface area contributed by atoms with Crippen molar-refractivity contribution in [3.63, 3.8) is 0 Å². The van der Waals surface area contributed by atoms with Crippen LogP contribution < -0.4 is 14.2 Å². The van der Waals surface area contributed by atoms with Crippen molar-refractivity contribution in [3.05, 3.63) is 64.4 Å². The first-order chi connectivity index (χ1) is 22.8. The van der Waals surface area contributed by atoms with Gasteiger partial charge in [-0.3, -0.25) is 0 Å². The van der Waals surface area contributed by atoms with E-state index in [1.165, 1.54) is 20.1 Å². The maximum absolute atomic E-state index is 11.5. The van der Waals surface area contributed by atoms with Crippen molar-refractivity contribution in [2.24, 2.45) is 0 Å². The molecular formula is C34H44O14. The monoisotopic (exact) mass is 676 g/mol. The Morgan fingerprint density at radius 3 is 2.06 bits per heavy atom. The summed E-state index contributed by atoms with van der Waals surface area (Å²) in [6, 6.07) is 8.16. The highest BCUT2D eigenvalue weighted by Crippen LogP contribution is 2.52. The number of hydrogen-bond acceptors (Lipinski definition) is 14. The zero-order valence-electron chi connectivity index (χ0n) is 27.3. The zero-order chi connectivity index (χ0) is 35.0. The molecule has 3 unspecified atom stereocenters. The van der Waals surface area contributed by atoms with Crippen molar-refractivity contribution in [3.8, 4) is 23.0 Å². The predicted octanol–water partition coefficient (Wildman–Crippen LogP) is 0.797. The largest absolute Gasteiger partial charge is 0.507 e. The van der Waals surface area contributed by atoms with E-state index in [4.69, 9.17) is 28.4 Å². The standard InChI is InChI=1S/C34H44O14/c1-14(2)6-11-19-21(45-34-29(42)27(40)25(38)22(13-35)46-34)12-20(36)23-15(3)30(48-33-28(41)26(39)24(37)16(4)44-33)31(47-32(19)23)17-7-9-18(43-5)10-8-17/h6-10,12,15-16,22,24-29,33-42H,11,13H2,1-5H3/t15?,16-,22+,24-,25+,26+,27-,28+,29+,33?,34?/m0/s1. The Labute approximate surface area is 277 Å². The van der Waals surface area contributed by atoms with Gasteiger partial charge < -0.3 is 69.3 Å². The third-order valence-corrected chi connectivity index (χ3v) is 8.82. The van der Waals surface area contributed by atoms with E-state index < -0.39 is 73.9 Å². The fourth-order valence-corrected chi connectivity index (χ4v) is 5.92. The number of rotatable bonds is 9. The fraction of sp³-hybridized carbons (Fsp3) is 0.529. The Hall–Kier alpha value is -3.44. The van der Waals surface area contributed by atoms with Crippen LogP contribution in [0.3, 0.4) is 0 Å². The van der Waals surface area contributed by atoms with Crippen molar-refractivity contribution in [1.29, 1.82) is 0 Å². The van der Waals surface area contributed by atoms with Crippen LogP contribution in [0.15, 0.2) is 47.7 Å². The van der Waals surface area contributed by atoms with E-state index in [2.05, 4.69) is 0 Å². The van der Waals surface area contributed by atoms with Crippen molar-refractivity contribution in [2.75, 3.05) is 13.7 Å². The normalized spacial score (nSPS) is 33.4. The second kappa shape index (κ2) is 14.6. The number of phenolic OH excluding ortho intramolecular Hbond substituents is 1. The number of fused-ring (bicyclic) bond motifs is 1. The molecule has 11 atom stereocenters. The molecule has 0 aliphatic carbocycles. The average Bonchev–Trinajstić information content (AvgIpc) is 3.06. The SMILES string of the molecule is COc1ccc(C2=C(OC3O[C@@H](C)[C@H](O)[C@@H](O)[C@H]3O)C(C)c3c(O)cc(OC4O[C@H](CO)[C@@H](O)[C@H](O)[C@H]4O)c(CC=C(C)C)c3O2)cc1. The summed E-state index contributed by atoms with van der Waals surface area (Å²) in [6.45, 7) is 6.41. The molecule has 3 aliphatic rings. The van der Waals surface area contributed by atoms with Crippen molar-refractivity contribution < 1.29 is 69.3 Å². The van der Waals surface area contributed by atoms with Crippen molar-refractivity contribution in [2.45, 2.75) is 101 Å². The number of aliphatic hydroxyl groups is 7. The summed E-state index contributed by atoms with van der Waals surface area (Å²) in [5.41, 5.74) is 2.20. The lowest BCUT2D eigenvalue weighted by Crippen LogP contribution is -2.60. The molecule has 264 valence electrons. The summed E-state index contributed by atoms with van der Waals surface area (Å²) in [7, 11) is 1.52. The van der Waals surface area contributed by atoms with Crippen molar-refractivity contribution in [1.82, 2.24) is 0 Å². The van der Waals surface area contributed by atoms with E-state index >= 15 is 0 Å². The first kappa shape index (κ1) is 35.9. The van der Waals surface area contributed by atoms with Gasteiger partial charge in [-0.05, 0) is 51.5 Å². The second-order valence-electron chi connectivity index (χ2n) is 12.5. The molecule has 2 aromatic carbocycles. The number of benzene rings is 2. The Kier molecular flexibility index (Phi) is 10.9. The van der Waals surface area contributed by atoms with E-state index in [0.717, 1.165) is 5.57 Å². The van der Waals surface area contributed by atoms with Crippen LogP contribution in [0, 0.1) is 0 Å². The molecule has 5 rings (SSSR count). The Bertz CT molecular complexity index is 1500. The molecule has 14 nitrogen and oxygen atoms in total. The maximum atomic E-state index is 11.5. The maximum Gasteiger partial charge on any atom is 0.229 e. The predicted molar refractivity (Wildman–Crippen MR) is 168 cm³/mol. The third-order valence-electron chi connectivity index (χ3n) is 8.82. The van der Waals surface area contributed by atoms with Gasteiger partial charge in [0.1, 0.15) is 65.7 Å². The molecular weight excluding hydrogens is 632 g/mol. The minimum atomic E-state index is -1.70. The molecule has 0 spiro atoms. The van der Waals surface area contributed by atoms with E-state index in [1.54, 1.807) is 31.2 Å². The highest BCUT2D eigenvalue weighted by molar-refractivity contribution is 5.73. The van der Waals surface area contributed by atoms with E-state index in [0.29, 0.717) is 22.4 Å². The summed E-state index contributed by atoms with van der Waals surface area (Å²) in [5, 5.41) is 83.9. The lowest BCUT2D eigenvalue weighted by molar-refractivity contribution is -0.283. The lowest BCUT2D eigenvalue weighted by Gasteiger charge is -2.41. The molecule has 8 N–H and O–H groups in total. The first-order valence-electron chi connectivity index (χ1n) is 15.7. The summed E-state index contributed by atoms with van der Waals surface area (Å²) < 4.78 is 35.5. The molecule has 0 aromatic heterocycles. The molecule has 0 bridgehead atoms. The molecule has 0 radical (unpaired) electrons. The molecule has 0 saturated carbocycles. The minimum absolute atomic E-state index is 0.0377. The number of aromatic hydroxyl groups is 1. The Morgan fingerprint density at radius 1 is 0.833 bits per heavy atom. The number of allylic oxidation sites excluding steroid dienone is 3. The molecule has 3 aliphatic heterocycles. The lowest BCUT2D eigenvalue weighted by atomic mass is 9.89. The van der Waals surface area contributed by atoms with Crippen molar-refractivity contribution >= 4 is 5.76 Å². The van der Waals surface area contributed by atoms with Crippen LogP contribution in [0.2, 0.25) is 0 Å². The Morgan fingerprint density at radius 2 is 1.46 bits per heavy atom. The van der Waals surface area contributed by atoms with E-state index in [-0.39, 0.29) is 35.2 Å². The van der Waals surface area contributed by atoms with Gasteiger partial charge in [0.05, 0.1) is 25.7 Å². The highest BCUT2D eigenvalue weighted by Gasteiger charge is 2.47. The van der Waals surface area contributed by atoms with Gasteiger partial charge >= 0.3 is 0 Å². The van der Waals surface area contributed by atoms with Crippen LogP contribution in [-0.4, -0.2) is 116 Å². The van der Waals surface area contributed by atoms with Gasteiger partial charge in [0.2, 0.25) is 12.6 Å². The molecule has 0 amide bonds. The third kappa shape index (κ3) is 6.85. The summed E-state index contributed by atoms with van der Waals surface area (Å²) >= 11 is 0. The van der Waals surface area contributed by atoms with Gasteiger partial charge in [0.25, 0.3) is 0 Å². The topological polar surface area (TPSA) is 217 Å². The van der Waals surface area contributed by atoms with Gasteiger partial charge in [0, 0.05) is 22.8 Å². The molecule has 48 heavy (non-hydrogen) atoms. The smallest absolute Gasteiger partial charge is 0.229 e. The van der Waals surface area contributed by atoms with E-state index in [1.807, 2.05) is 19.9 Å². The summed E-state index contributed by atoms with van der Waals surface area (Å²) in [4.78, 5) is 0. The molecule has 2 aromatic rings. The summed E-state index contributed by atoms with van der Waals surface area (Å²) in [5.74, 6) is 0.111. The quantitative estimate of drug-likeness (QED) is 0.173. The van der Waals surface area contributed by atoms with Crippen LogP contribution in [-0.2, 0) is 20.6 Å². The number of aliphatic hydroxyl groups excluding tert-OH is 7. The van der Waals surface area contributed by atoms with Crippen LogP contribution in [0.1, 0.15) is 50.3 Å². The first-order valence-corrected chi connectivity index (χ1v) is 15.7. The molecule has 3 heterocycles.